The lowest BCUT2D eigenvalue weighted by molar-refractivity contribution is 1.18. The zero-order valence-electron chi connectivity index (χ0n) is 6.47. The molecule has 6 nitrogen and oxygen atoms in total. The lowest BCUT2D eigenvalue weighted by atomic mass is 10.4. The first-order chi connectivity index (χ1) is 6.45. The molecular weight excluding hydrogens is 168 g/mol. The molecule has 0 atom stereocenters. The fraction of sp³-hybridized carbons (Fsp3) is 0. The number of hydrogen-bond donors (Lipinski definition) is 1. The van der Waals surface area contributed by atoms with Crippen LogP contribution in [0.15, 0.2) is 19.0 Å². The Morgan fingerprint density at radius 3 is 2.69 bits per heavy atom. The molecule has 0 saturated heterocycles. The molecule has 0 aliphatic carbocycles. The summed E-state index contributed by atoms with van der Waals surface area (Å²) in [6.45, 7) is 0. The lowest BCUT2D eigenvalue weighted by Crippen LogP contribution is -1.78. The minimum absolute atomic E-state index is 0.576. The maximum Gasteiger partial charge on any atom is 0.183 e. The predicted octanol–water partition coefficient (Wildman–Crippen LogP) is 0.248. The number of nitrogens with zero attached hydrogens (tertiary/aromatic N) is 5. The summed E-state index contributed by atoms with van der Waals surface area (Å²) >= 11 is 0. The van der Waals surface area contributed by atoms with Gasteiger partial charge < -0.3 is 4.98 Å². The maximum atomic E-state index is 4.07. The molecule has 3 rings (SSSR count). The third-order valence-electron chi connectivity index (χ3n) is 1.79. The van der Waals surface area contributed by atoms with Crippen LogP contribution in [-0.4, -0.2) is 29.9 Å². The molecule has 0 bridgehead atoms. The van der Waals surface area contributed by atoms with Gasteiger partial charge in [-0.2, -0.15) is 0 Å². The molecule has 3 heterocycles. The fourth-order valence-corrected chi connectivity index (χ4v) is 1.23. The van der Waals surface area contributed by atoms with Crippen LogP contribution in [0.2, 0.25) is 0 Å². The van der Waals surface area contributed by atoms with Gasteiger partial charge in [0.15, 0.2) is 11.5 Å². The number of aromatic amines is 1. The number of nitrogens with one attached hydrogen (secondary N) is 1. The van der Waals surface area contributed by atoms with E-state index in [4.69, 9.17) is 0 Å². The monoisotopic (exact) mass is 172 g/mol. The van der Waals surface area contributed by atoms with Crippen LogP contribution in [0.3, 0.4) is 0 Å². The lowest BCUT2D eigenvalue weighted by Gasteiger charge is -1.84. The van der Waals surface area contributed by atoms with Crippen molar-refractivity contribution in [3.8, 4) is 11.5 Å². The highest BCUT2D eigenvalue weighted by Gasteiger charge is 2.11. The Bertz CT molecular complexity index is 529. The minimum atomic E-state index is 0.576. The van der Waals surface area contributed by atoms with Gasteiger partial charge in [0, 0.05) is 0 Å². The summed E-state index contributed by atoms with van der Waals surface area (Å²) in [5.74, 6) is 0.576. The number of hydrogen-bond acceptors (Lipinski definition) is 5. The maximum absolute atomic E-state index is 4.07. The number of fused-ring (bicyclic) bond motifs is 3. The molecule has 2 aliphatic heterocycles. The van der Waals surface area contributed by atoms with Crippen LogP contribution in [0.25, 0.3) is 22.7 Å². The molecule has 13 heavy (non-hydrogen) atoms. The number of H-pyrrole nitrogens is 1. The summed E-state index contributed by atoms with van der Waals surface area (Å²) < 4.78 is 0. The largest absolute Gasteiger partial charge is 0.341 e. The van der Waals surface area contributed by atoms with E-state index in [1.54, 1.807) is 6.33 Å². The molecule has 0 radical (unpaired) electrons. The second kappa shape index (κ2) is 2.19. The van der Waals surface area contributed by atoms with Crippen molar-refractivity contribution in [2.24, 2.45) is 0 Å². The second-order valence-electron chi connectivity index (χ2n) is 2.52. The molecule has 0 aromatic carbocycles. The summed E-state index contributed by atoms with van der Waals surface area (Å²) in [4.78, 5) is 23.0. The Morgan fingerprint density at radius 1 is 0.923 bits per heavy atom. The van der Waals surface area contributed by atoms with E-state index in [1.165, 1.54) is 12.7 Å². The topological polar surface area (TPSA) is 80.2 Å². The van der Waals surface area contributed by atoms with E-state index < -0.39 is 0 Å². The first-order valence-corrected chi connectivity index (χ1v) is 3.70. The van der Waals surface area contributed by atoms with Crippen molar-refractivity contribution >= 4 is 11.2 Å². The van der Waals surface area contributed by atoms with Crippen molar-refractivity contribution in [3.05, 3.63) is 19.0 Å². The number of imidazole rings is 2. The molecule has 0 saturated carbocycles. The smallest absolute Gasteiger partial charge is 0.183 e. The normalized spacial score (nSPS) is 11.1. The Hall–Kier alpha value is -2.11. The highest BCUT2D eigenvalue weighted by molar-refractivity contribution is 5.84. The van der Waals surface area contributed by atoms with Gasteiger partial charge in [-0.1, -0.05) is 0 Å². The van der Waals surface area contributed by atoms with Crippen LogP contribution in [-0.2, 0) is 0 Å². The third kappa shape index (κ3) is 0.792. The zero-order chi connectivity index (χ0) is 8.67. The van der Waals surface area contributed by atoms with Gasteiger partial charge in [0.1, 0.15) is 23.9 Å². The van der Waals surface area contributed by atoms with Crippen molar-refractivity contribution in [1.29, 1.82) is 0 Å². The van der Waals surface area contributed by atoms with Gasteiger partial charge >= 0.3 is 0 Å². The van der Waals surface area contributed by atoms with Crippen molar-refractivity contribution in [1.82, 2.24) is 29.9 Å². The molecular formula is C7H4N6. The highest BCUT2D eigenvalue weighted by atomic mass is 15.0. The fourth-order valence-electron chi connectivity index (χ4n) is 1.23. The van der Waals surface area contributed by atoms with E-state index >= 15 is 0 Å². The van der Waals surface area contributed by atoms with Crippen molar-refractivity contribution in [3.63, 3.8) is 0 Å². The van der Waals surface area contributed by atoms with Crippen molar-refractivity contribution < 1.29 is 0 Å². The van der Waals surface area contributed by atoms with Crippen molar-refractivity contribution in [2.75, 3.05) is 0 Å². The number of aromatic nitrogens is 6. The quantitative estimate of drug-likeness (QED) is 0.525. The Balaban J connectivity index is 2.58. The van der Waals surface area contributed by atoms with Crippen LogP contribution in [0.1, 0.15) is 0 Å². The Kier molecular flexibility index (Phi) is 1.08. The first kappa shape index (κ1) is 6.41. The van der Waals surface area contributed by atoms with Crippen LogP contribution in [0.5, 0.6) is 0 Å². The van der Waals surface area contributed by atoms with Gasteiger partial charge in [0.25, 0.3) is 0 Å². The highest BCUT2D eigenvalue weighted by Crippen LogP contribution is 2.18. The predicted molar refractivity (Wildman–Crippen MR) is 43.9 cm³/mol. The molecule has 6 heteroatoms. The molecule has 1 aromatic heterocycles. The minimum Gasteiger partial charge on any atom is -0.341 e. The van der Waals surface area contributed by atoms with Gasteiger partial charge in [0.2, 0.25) is 0 Å². The SMILES string of the molecule is c1nc2ncnc3nc[nH]c3c-2n1. The van der Waals surface area contributed by atoms with Gasteiger partial charge in [-0.15, -0.1) is 0 Å². The molecule has 0 amide bonds. The average molecular weight is 172 g/mol. The molecule has 1 aromatic rings. The van der Waals surface area contributed by atoms with Crippen LogP contribution in [0.4, 0.5) is 0 Å². The molecule has 0 spiro atoms. The first-order valence-electron chi connectivity index (χ1n) is 3.70. The van der Waals surface area contributed by atoms with E-state index in [0.29, 0.717) is 17.2 Å². The zero-order valence-corrected chi connectivity index (χ0v) is 6.47. The van der Waals surface area contributed by atoms with Crippen LogP contribution >= 0.6 is 0 Å². The summed E-state index contributed by atoms with van der Waals surface area (Å²) in [7, 11) is 0. The molecule has 2 aliphatic rings. The van der Waals surface area contributed by atoms with E-state index in [-0.39, 0.29) is 0 Å². The summed E-state index contributed by atoms with van der Waals surface area (Å²) in [5, 5.41) is 0. The third-order valence-corrected chi connectivity index (χ3v) is 1.79. The van der Waals surface area contributed by atoms with Gasteiger partial charge in [-0.3, -0.25) is 0 Å². The molecule has 1 N–H and O–H groups in total. The Morgan fingerprint density at radius 2 is 1.77 bits per heavy atom. The van der Waals surface area contributed by atoms with Gasteiger partial charge in [-0.25, -0.2) is 24.9 Å². The summed E-state index contributed by atoms with van der Waals surface area (Å²) in [5.41, 5.74) is 2.07. The molecule has 0 fully saturated rings. The summed E-state index contributed by atoms with van der Waals surface area (Å²) in [6, 6.07) is 0. The van der Waals surface area contributed by atoms with E-state index in [2.05, 4.69) is 29.9 Å². The van der Waals surface area contributed by atoms with E-state index in [0.717, 1.165) is 5.52 Å². The van der Waals surface area contributed by atoms with Gasteiger partial charge in [-0.05, 0) is 0 Å². The molecule has 62 valence electrons. The second-order valence-corrected chi connectivity index (χ2v) is 2.52. The molecule has 0 unspecified atom stereocenters. The van der Waals surface area contributed by atoms with Crippen LogP contribution < -0.4 is 0 Å². The standard InChI is InChI=1S/C7H4N6/c1-8-4-5-7(11-2-9-5)13-3-12-6(4)10-1/h1-3H,(H,8,9,10,11,12,13). The number of rotatable bonds is 0. The van der Waals surface area contributed by atoms with E-state index in [1.807, 2.05) is 0 Å². The van der Waals surface area contributed by atoms with Crippen LogP contribution in [0, 0.1) is 0 Å². The summed E-state index contributed by atoms with van der Waals surface area (Å²) in [6.07, 6.45) is 4.48. The van der Waals surface area contributed by atoms with Crippen molar-refractivity contribution in [2.45, 2.75) is 0 Å². The van der Waals surface area contributed by atoms with E-state index in [9.17, 15) is 0 Å². The Labute approximate surface area is 72.5 Å². The van der Waals surface area contributed by atoms with Gasteiger partial charge in [0.05, 0.1) is 6.33 Å². The average Bonchev–Trinajstić information content (AvgIpc) is 2.72.